The van der Waals surface area contributed by atoms with Gasteiger partial charge in [-0.15, -0.1) is 0 Å². The number of rotatable bonds is 6. The van der Waals surface area contributed by atoms with Crippen molar-refractivity contribution in [3.05, 3.63) is 22.7 Å². The minimum absolute atomic E-state index is 0.205. The van der Waals surface area contributed by atoms with Crippen LogP contribution in [-0.4, -0.2) is 21.9 Å². The molecule has 0 spiro atoms. The number of carbonyl (C=O) groups is 1. The molecule has 112 valence electrons. The number of nitrogen functional groups attached to an aromatic ring is 1. The highest BCUT2D eigenvalue weighted by Gasteiger charge is 2.22. The number of anilines is 1. The van der Waals surface area contributed by atoms with Gasteiger partial charge < -0.3 is 11.1 Å². The molecule has 1 amide bonds. The summed E-state index contributed by atoms with van der Waals surface area (Å²) < 4.78 is 13.2. The topological polar surface area (TPSA) is 72.2 Å². The van der Waals surface area contributed by atoms with Gasteiger partial charge in [-0.3, -0.25) is 9.00 Å². The molecule has 1 aromatic rings. The van der Waals surface area contributed by atoms with Gasteiger partial charge in [-0.05, 0) is 37.5 Å². The van der Waals surface area contributed by atoms with E-state index in [1.165, 1.54) is 0 Å². The largest absolute Gasteiger partial charge is 0.398 e. The van der Waals surface area contributed by atoms with Crippen molar-refractivity contribution in [2.75, 3.05) is 12.3 Å². The van der Waals surface area contributed by atoms with Crippen molar-refractivity contribution in [3.63, 3.8) is 0 Å². The first-order valence-corrected chi connectivity index (χ1v) is 8.56. The molecule has 0 aliphatic heterocycles. The van der Waals surface area contributed by atoms with Gasteiger partial charge in [0.05, 0.1) is 15.7 Å². The molecule has 0 aliphatic carbocycles. The maximum absolute atomic E-state index is 12.4. The Morgan fingerprint density at radius 1 is 1.40 bits per heavy atom. The van der Waals surface area contributed by atoms with Gasteiger partial charge >= 0.3 is 0 Å². The number of benzene rings is 1. The molecule has 2 atom stereocenters. The van der Waals surface area contributed by atoms with Gasteiger partial charge in [0.1, 0.15) is 5.25 Å². The van der Waals surface area contributed by atoms with Crippen LogP contribution in [0.1, 0.15) is 27.2 Å². The molecule has 2 unspecified atom stereocenters. The van der Waals surface area contributed by atoms with E-state index in [9.17, 15) is 9.00 Å². The van der Waals surface area contributed by atoms with Gasteiger partial charge in [0.2, 0.25) is 5.91 Å². The van der Waals surface area contributed by atoms with Crippen LogP contribution in [0.2, 0.25) is 0 Å². The second-order valence-corrected chi connectivity index (χ2v) is 7.75. The fraction of sp³-hybridized carbons (Fsp3) is 0.500. The molecule has 3 N–H and O–H groups in total. The van der Waals surface area contributed by atoms with Gasteiger partial charge in [-0.1, -0.05) is 29.8 Å². The zero-order valence-corrected chi connectivity index (χ0v) is 14.4. The van der Waals surface area contributed by atoms with Crippen molar-refractivity contribution in [1.82, 2.24) is 5.32 Å². The van der Waals surface area contributed by atoms with Gasteiger partial charge in [0.15, 0.2) is 0 Å². The van der Waals surface area contributed by atoms with Crippen LogP contribution in [-0.2, 0) is 15.6 Å². The molecule has 0 saturated heterocycles. The molecule has 1 rings (SSSR count). The second kappa shape index (κ2) is 7.78. The summed E-state index contributed by atoms with van der Waals surface area (Å²) in [6.45, 7) is 6.44. The molecule has 0 aromatic heterocycles. The molecule has 4 nitrogen and oxygen atoms in total. The Bertz CT molecular complexity index is 506. The standard InChI is InChI=1S/C14H21BrN2O2S/c1-9(2)6-7-17-14(18)10(3)20(19)13-8-11(15)4-5-12(13)16/h4-5,8-10H,6-7,16H2,1-3H3,(H,17,18). The maximum Gasteiger partial charge on any atom is 0.235 e. The van der Waals surface area contributed by atoms with E-state index in [-0.39, 0.29) is 5.91 Å². The maximum atomic E-state index is 12.4. The van der Waals surface area contributed by atoms with E-state index >= 15 is 0 Å². The van der Waals surface area contributed by atoms with Crippen molar-refractivity contribution < 1.29 is 9.00 Å². The summed E-state index contributed by atoms with van der Waals surface area (Å²) in [4.78, 5) is 12.5. The van der Waals surface area contributed by atoms with Crippen LogP contribution in [0.5, 0.6) is 0 Å². The normalized spacial score (nSPS) is 14.1. The molecule has 0 aliphatic rings. The highest BCUT2D eigenvalue weighted by molar-refractivity contribution is 9.10. The lowest BCUT2D eigenvalue weighted by atomic mass is 10.1. The summed E-state index contributed by atoms with van der Waals surface area (Å²) in [5, 5.41) is 2.19. The fourth-order valence-electron chi connectivity index (χ4n) is 1.60. The molecule has 0 saturated carbocycles. The lowest BCUT2D eigenvalue weighted by Gasteiger charge is -2.14. The lowest BCUT2D eigenvalue weighted by Crippen LogP contribution is -2.36. The molecule has 0 radical (unpaired) electrons. The van der Waals surface area contributed by atoms with Crippen molar-refractivity contribution in [1.29, 1.82) is 0 Å². The van der Waals surface area contributed by atoms with E-state index in [0.29, 0.717) is 23.0 Å². The third kappa shape index (κ3) is 4.90. The van der Waals surface area contributed by atoms with E-state index in [1.54, 1.807) is 25.1 Å². The monoisotopic (exact) mass is 360 g/mol. The Morgan fingerprint density at radius 3 is 2.65 bits per heavy atom. The van der Waals surface area contributed by atoms with E-state index in [4.69, 9.17) is 5.73 Å². The summed E-state index contributed by atoms with van der Waals surface area (Å²) in [5.74, 6) is 0.320. The first kappa shape index (κ1) is 17.2. The van der Waals surface area contributed by atoms with E-state index < -0.39 is 16.0 Å². The number of carbonyl (C=O) groups excluding carboxylic acids is 1. The number of nitrogens with one attached hydrogen (secondary N) is 1. The van der Waals surface area contributed by atoms with Crippen LogP contribution >= 0.6 is 15.9 Å². The Kier molecular flexibility index (Phi) is 6.68. The second-order valence-electron chi connectivity index (χ2n) is 5.10. The number of hydrogen-bond donors (Lipinski definition) is 2. The van der Waals surface area contributed by atoms with Gasteiger partial charge in [-0.25, -0.2) is 0 Å². The van der Waals surface area contributed by atoms with Crippen LogP contribution in [0.3, 0.4) is 0 Å². The predicted molar refractivity (Wildman–Crippen MR) is 86.9 cm³/mol. The lowest BCUT2D eigenvalue weighted by molar-refractivity contribution is -0.120. The molecular formula is C14H21BrN2O2S. The molecule has 1 aromatic carbocycles. The minimum atomic E-state index is -1.46. The molecule has 20 heavy (non-hydrogen) atoms. The number of hydrogen-bond acceptors (Lipinski definition) is 3. The Hall–Kier alpha value is -0.880. The third-order valence-corrected chi connectivity index (χ3v) is 5.04. The quantitative estimate of drug-likeness (QED) is 0.766. The van der Waals surface area contributed by atoms with Crippen molar-refractivity contribution in [2.24, 2.45) is 5.92 Å². The zero-order valence-electron chi connectivity index (χ0n) is 12.0. The van der Waals surface area contributed by atoms with Crippen molar-refractivity contribution >= 4 is 38.3 Å². The molecule has 0 heterocycles. The summed E-state index contributed by atoms with van der Waals surface area (Å²) in [5.41, 5.74) is 6.26. The van der Waals surface area contributed by atoms with Crippen molar-refractivity contribution in [2.45, 2.75) is 37.3 Å². The number of halogens is 1. The fourth-order valence-corrected chi connectivity index (χ4v) is 3.31. The predicted octanol–water partition coefficient (Wildman–Crippen LogP) is 2.69. The zero-order chi connectivity index (χ0) is 15.3. The van der Waals surface area contributed by atoms with Gasteiger partial charge in [-0.2, -0.15) is 0 Å². The van der Waals surface area contributed by atoms with Gasteiger partial charge in [0, 0.05) is 16.7 Å². The Balaban J connectivity index is 2.71. The average Bonchev–Trinajstić information content (AvgIpc) is 2.39. The summed E-state index contributed by atoms with van der Waals surface area (Å²) in [7, 11) is -1.46. The summed E-state index contributed by atoms with van der Waals surface area (Å²) in [6.07, 6.45) is 0.907. The van der Waals surface area contributed by atoms with Crippen LogP contribution in [0, 0.1) is 5.92 Å². The SMILES string of the molecule is CC(C)CCNC(=O)C(C)S(=O)c1cc(Br)ccc1N. The highest BCUT2D eigenvalue weighted by atomic mass is 79.9. The van der Waals surface area contributed by atoms with Gasteiger partial charge in [0.25, 0.3) is 0 Å². The Labute approximate surface area is 131 Å². The third-order valence-electron chi connectivity index (χ3n) is 2.90. The molecule has 0 fully saturated rings. The summed E-state index contributed by atoms with van der Waals surface area (Å²) in [6, 6.07) is 5.16. The van der Waals surface area contributed by atoms with Crippen LogP contribution in [0.15, 0.2) is 27.6 Å². The average molecular weight is 361 g/mol. The van der Waals surface area contributed by atoms with E-state index in [1.807, 2.05) is 0 Å². The molecule has 6 heteroatoms. The van der Waals surface area contributed by atoms with E-state index in [2.05, 4.69) is 35.1 Å². The smallest absolute Gasteiger partial charge is 0.235 e. The minimum Gasteiger partial charge on any atom is -0.398 e. The first-order valence-electron chi connectivity index (χ1n) is 6.56. The summed E-state index contributed by atoms with van der Waals surface area (Å²) >= 11 is 3.32. The van der Waals surface area contributed by atoms with Crippen LogP contribution < -0.4 is 11.1 Å². The molecular weight excluding hydrogens is 340 g/mol. The highest BCUT2D eigenvalue weighted by Crippen LogP contribution is 2.23. The molecule has 0 bridgehead atoms. The van der Waals surface area contributed by atoms with Crippen LogP contribution in [0.4, 0.5) is 5.69 Å². The van der Waals surface area contributed by atoms with Crippen LogP contribution in [0.25, 0.3) is 0 Å². The number of nitrogens with two attached hydrogens (primary N) is 1. The first-order chi connectivity index (χ1) is 9.32. The Morgan fingerprint density at radius 2 is 2.05 bits per heavy atom. The van der Waals surface area contributed by atoms with Crippen molar-refractivity contribution in [3.8, 4) is 0 Å². The number of amides is 1. The van der Waals surface area contributed by atoms with E-state index in [0.717, 1.165) is 10.9 Å².